The third kappa shape index (κ3) is 4.29. The topological polar surface area (TPSA) is 58.6 Å². The molecule has 1 aliphatic heterocycles. The summed E-state index contributed by atoms with van der Waals surface area (Å²) < 4.78 is 5.78. The second-order valence-electron chi connectivity index (χ2n) is 6.64. The van der Waals surface area contributed by atoms with Gasteiger partial charge in [-0.1, -0.05) is 60.7 Å². The lowest BCUT2D eigenvalue weighted by molar-refractivity contribution is -0.122. The van der Waals surface area contributed by atoms with E-state index in [9.17, 15) is 9.59 Å². The Hall–Kier alpha value is -3.77. The highest BCUT2D eigenvalue weighted by Gasteiger charge is 2.34. The lowest BCUT2D eigenvalue weighted by Gasteiger charge is -2.28. The van der Waals surface area contributed by atoms with Crippen LogP contribution >= 0.6 is 12.2 Å². The number of ether oxygens (including phenoxy) is 1. The smallest absolute Gasteiger partial charge is 0.270 e. The third-order valence-electron chi connectivity index (χ3n) is 4.56. The van der Waals surface area contributed by atoms with Crippen molar-refractivity contribution in [3.63, 3.8) is 0 Å². The van der Waals surface area contributed by atoms with Crippen molar-refractivity contribution in [3.8, 4) is 5.75 Å². The number of amides is 2. The number of anilines is 1. The number of thiocarbonyl (C=S) groups is 1. The van der Waals surface area contributed by atoms with Gasteiger partial charge in [0.15, 0.2) is 5.11 Å². The van der Waals surface area contributed by atoms with E-state index >= 15 is 0 Å². The molecule has 5 nitrogen and oxygen atoms in total. The Morgan fingerprint density at radius 1 is 0.867 bits per heavy atom. The van der Waals surface area contributed by atoms with Gasteiger partial charge in [0.2, 0.25) is 0 Å². The zero-order valence-electron chi connectivity index (χ0n) is 15.9. The van der Waals surface area contributed by atoms with Gasteiger partial charge in [0, 0.05) is 0 Å². The molecule has 148 valence electrons. The van der Waals surface area contributed by atoms with Crippen molar-refractivity contribution in [2.75, 3.05) is 4.90 Å². The molecule has 6 heteroatoms. The zero-order chi connectivity index (χ0) is 20.9. The molecular weight excluding hydrogens is 396 g/mol. The first-order valence-electron chi connectivity index (χ1n) is 9.35. The Labute approximate surface area is 179 Å². The molecule has 1 aliphatic rings. The van der Waals surface area contributed by atoms with Crippen LogP contribution in [0.4, 0.5) is 5.69 Å². The van der Waals surface area contributed by atoms with Crippen molar-refractivity contribution in [1.29, 1.82) is 0 Å². The van der Waals surface area contributed by atoms with Gasteiger partial charge in [0.25, 0.3) is 11.8 Å². The minimum Gasteiger partial charge on any atom is -0.489 e. The number of carbonyl (C=O) groups is 2. The van der Waals surface area contributed by atoms with Crippen molar-refractivity contribution in [1.82, 2.24) is 5.32 Å². The van der Waals surface area contributed by atoms with Crippen LogP contribution in [0.25, 0.3) is 6.08 Å². The Morgan fingerprint density at radius 3 is 2.17 bits per heavy atom. The van der Waals surface area contributed by atoms with E-state index in [0.29, 0.717) is 23.6 Å². The van der Waals surface area contributed by atoms with Crippen LogP contribution in [0.1, 0.15) is 11.1 Å². The summed E-state index contributed by atoms with van der Waals surface area (Å²) in [6.07, 6.45) is 1.55. The van der Waals surface area contributed by atoms with Crippen LogP contribution < -0.4 is 15.0 Å². The van der Waals surface area contributed by atoms with Crippen LogP contribution in [0.2, 0.25) is 0 Å². The van der Waals surface area contributed by atoms with Gasteiger partial charge >= 0.3 is 0 Å². The van der Waals surface area contributed by atoms with E-state index < -0.39 is 11.8 Å². The van der Waals surface area contributed by atoms with Crippen LogP contribution in [-0.2, 0) is 16.2 Å². The van der Waals surface area contributed by atoms with E-state index in [0.717, 1.165) is 5.56 Å². The van der Waals surface area contributed by atoms with E-state index in [1.54, 1.807) is 54.6 Å². The van der Waals surface area contributed by atoms with Crippen molar-refractivity contribution >= 4 is 40.9 Å². The standard InChI is InChI=1S/C24H18N2O3S/c27-22-21(23(28)26(24(30)25-22)19-9-5-2-6-10-19)15-17-11-13-20(14-12-17)29-16-18-7-3-1-4-8-18/h1-15H,16H2,(H,25,27,30)/b21-15-. The fourth-order valence-electron chi connectivity index (χ4n) is 3.04. The predicted octanol–water partition coefficient (Wildman–Crippen LogP) is 4.10. The molecule has 1 heterocycles. The SMILES string of the molecule is O=C1NC(=S)N(c2ccccc2)C(=O)/C1=C\c1ccc(OCc2ccccc2)cc1. The molecule has 0 spiro atoms. The van der Waals surface area contributed by atoms with E-state index in [2.05, 4.69) is 5.32 Å². The normalized spacial score (nSPS) is 15.3. The lowest BCUT2D eigenvalue weighted by atomic mass is 10.1. The number of hydrogen-bond acceptors (Lipinski definition) is 4. The number of nitrogens with one attached hydrogen (secondary N) is 1. The summed E-state index contributed by atoms with van der Waals surface area (Å²) >= 11 is 5.20. The van der Waals surface area contributed by atoms with Crippen molar-refractivity contribution in [3.05, 3.63) is 102 Å². The number of nitrogens with zero attached hydrogens (tertiary/aromatic N) is 1. The van der Waals surface area contributed by atoms with Gasteiger partial charge in [-0.05, 0) is 53.7 Å². The summed E-state index contributed by atoms with van der Waals surface area (Å²) in [7, 11) is 0. The highest BCUT2D eigenvalue weighted by Crippen LogP contribution is 2.22. The molecule has 1 N–H and O–H groups in total. The third-order valence-corrected chi connectivity index (χ3v) is 4.84. The zero-order valence-corrected chi connectivity index (χ0v) is 16.8. The van der Waals surface area contributed by atoms with Crippen LogP contribution in [0.5, 0.6) is 5.75 Å². The predicted molar refractivity (Wildman–Crippen MR) is 120 cm³/mol. The van der Waals surface area contributed by atoms with E-state index in [-0.39, 0.29) is 10.7 Å². The monoisotopic (exact) mass is 414 g/mol. The van der Waals surface area contributed by atoms with Gasteiger partial charge in [0.05, 0.1) is 5.69 Å². The first-order chi connectivity index (χ1) is 14.6. The Kier molecular flexibility index (Phi) is 5.68. The van der Waals surface area contributed by atoms with Crippen LogP contribution in [0, 0.1) is 0 Å². The Bertz CT molecular complexity index is 1110. The second kappa shape index (κ2) is 8.71. The fourth-order valence-corrected chi connectivity index (χ4v) is 3.32. The summed E-state index contributed by atoms with van der Waals surface area (Å²) in [6.45, 7) is 0.464. The minimum absolute atomic E-state index is 0.0189. The van der Waals surface area contributed by atoms with Crippen LogP contribution in [-0.4, -0.2) is 16.9 Å². The largest absolute Gasteiger partial charge is 0.489 e. The average Bonchev–Trinajstić information content (AvgIpc) is 2.77. The number of rotatable bonds is 5. The summed E-state index contributed by atoms with van der Waals surface area (Å²) in [5.74, 6) is -0.270. The molecule has 2 amide bonds. The molecule has 0 atom stereocenters. The van der Waals surface area contributed by atoms with Crippen molar-refractivity contribution < 1.29 is 14.3 Å². The van der Waals surface area contributed by atoms with E-state index in [1.165, 1.54) is 4.90 Å². The highest BCUT2D eigenvalue weighted by atomic mass is 32.1. The maximum Gasteiger partial charge on any atom is 0.270 e. The van der Waals surface area contributed by atoms with Crippen molar-refractivity contribution in [2.45, 2.75) is 6.61 Å². The Balaban J connectivity index is 1.52. The van der Waals surface area contributed by atoms with Gasteiger partial charge in [-0.15, -0.1) is 0 Å². The van der Waals surface area contributed by atoms with E-state index in [4.69, 9.17) is 17.0 Å². The van der Waals surface area contributed by atoms with Gasteiger partial charge in [-0.3, -0.25) is 19.8 Å². The van der Waals surface area contributed by atoms with Gasteiger partial charge < -0.3 is 4.74 Å². The molecule has 3 aromatic carbocycles. The van der Waals surface area contributed by atoms with Gasteiger partial charge in [-0.25, -0.2) is 0 Å². The first kappa shape index (κ1) is 19.5. The molecule has 1 saturated heterocycles. The fraction of sp³-hybridized carbons (Fsp3) is 0.0417. The molecule has 0 unspecified atom stereocenters. The number of carbonyl (C=O) groups excluding carboxylic acids is 2. The molecule has 1 fully saturated rings. The lowest BCUT2D eigenvalue weighted by Crippen LogP contribution is -2.54. The highest BCUT2D eigenvalue weighted by molar-refractivity contribution is 7.80. The molecule has 0 aromatic heterocycles. The van der Waals surface area contributed by atoms with Gasteiger partial charge in [-0.2, -0.15) is 0 Å². The number of para-hydroxylation sites is 1. The molecule has 0 aliphatic carbocycles. The second-order valence-corrected chi connectivity index (χ2v) is 7.02. The number of benzene rings is 3. The van der Waals surface area contributed by atoms with E-state index in [1.807, 2.05) is 36.4 Å². The number of hydrogen-bond donors (Lipinski definition) is 1. The molecule has 0 radical (unpaired) electrons. The quantitative estimate of drug-likeness (QED) is 0.388. The van der Waals surface area contributed by atoms with Gasteiger partial charge in [0.1, 0.15) is 17.9 Å². The maximum absolute atomic E-state index is 13.0. The summed E-state index contributed by atoms with van der Waals surface area (Å²) in [5, 5.41) is 2.65. The molecule has 0 bridgehead atoms. The molecule has 3 aromatic rings. The summed E-state index contributed by atoms with van der Waals surface area (Å²) in [4.78, 5) is 26.7. The summed E-state index contributed by atoms with van der Waals surface area (Å²) in [6, 6.07) is 26.1. The minimum atomic E-state index is -0.512. The molecular formula is C24H18N2O3S. The Morgan fingerprint density at radius 2 is 1.50 bits per heavy atom. The molecule has 30 heavy (non-hydrogen) atoms. The molecule has 0 saturated carbocycles. The maximum atomic E-state index is 13.0. The summed E-state index contributed by atoms with van der Waals surface area (Å²) in [5.41, 5.74) is 2.40. The van der Waals surface area contributed by atoms with Crippen LogP contribution in [0.15, 0.2) is 90.5 Å². The molecule has 4 rings (SSSR count). The first-order valence-corrected chi connectivity index (χ1v) is 9.76. The average molecular weight is 414 g/mol. The van der Waals surface area contributed by atoms with Crippen molar-refractivity contribution in [2.24, 2.45) is 0 Å². The van der Waals surface area contributed by atoms with Crippen LogP contribution in [0.3, 0.4) is 0 Å².